The Hall–Kier alpha value is -2.77. The molecule has 1 saturated heterocycles. The molecule has 1 aliphatic heterocycles. The summed E-state index contributed by atoms with van der Waals surface area (Å²) in [5.74, 6) is -1.59. The number of anilines is 2. The second kappa shape index (κ2) is 9.36. The summed E-state index contributed by atoms with van der Waals surface area (Å²) in [6.07, 6.45) is -0.0413. The van der Waals surface area contributed by atoms with Gasteiger partial charge in [0, 0.05) is 34.4 Å². The molecule has 158 valence electrons. The Labute approximate surface area is 184 Å². The van der Waals surface area contributed by atoms with Crippen molar-refractivity contribution in [2.24, 2.45) is 5.92 Å². The second-order valence-electron chi connectivity index (χ2n) is 7.04. The maximum Gasteiger partial charge on any atom is 0.307 e. The number of esters is 1. The maximum absolute atomic E-state index is 12.9. The van der Waals surface area contributed by atoms with Gasteiger partial charge in [0.15, 0.2) is 0 Å². The molecule has 2 aromatic rings. The zero-order chi connectivity index (χ0) is 21.8. The summed E-state index contributed by atoms with van der Waals surface area (Å²) in [4.78, 5) is 38.8. The smallest absolute Gasteiger partial charge is 0.307 e. The number of amides is 2. The molecule has 2 amide bonds. The van der Waals surface area contributed by atoms with Crippen LogP contribution in [0.5, 0.6) is 0 Å². The van der Waals surface area contributed by atoms with Crippen LogP contribution < -0.4 is 16.0 Å². The van der Waals surface area contributed by atoms with E-state index in [0.717, 1.165) is 0 Å². The normalized spacial score (nSPS) is 17.0. The number of hydrogen-bond acceptors (Lipinski definition) is 5. The predicted molar refractivity (Wildman–Crippen MR) is 115 cm³/mol. The van der Waals surface area contributed by atoms with E-state index < -0.39 is 17.9 Å². The van der Waals surface area contributed by atoms with Gasteiger partial charge in [-0.1, -0.05) is 29.3 Å². The highest BCUT2D eigenvalue weighted by molar-refractivity contribution is 6.34. The molecule has 0 aliphatic carbocycles. The molecule has 7 nitrogen and oxygen atoms in total. The Balaban J connectivity index is 1.77. The molecule has 1 aliphatic rings. The third-order valence-electron chi connectivity index (χ3n) is 4.88. The number of nitrogens with two attached hydrogens (primary N) is 1. The molecule has 2 atom stereocenters. The molecule has 30 heavy (non-hydrogen) atoms. The standard InChI is InChI=1S/C21H21Cl2N3O4/c1-30-20(28)10-18(12-5-14(22)8-15(23)6-12)25-21(29)13-7-19(27)26(11-13)17-4-2-3-16(24)9-17/h2-6,8-9,13,18H,7,10-11,24H2,1H3,(H,25,29)/t13-,18-/m0/s1. The maximum atomic E-state index is 12.9. The number of ether oxygens (including phenoxy) is 1. The van der Waals surface area contributed by atoms with E-state index in [1.165, 1.54) is 12.0 Å². The Morgan fingerprint density at radius 1 is 1.23 bits per heavy atom. The summed E-state index contributed by atoms with van der Waals surface area (Å²) in [5.41, 5.74) is 7.54. The highest BCUT2D eigenvalue weighted by Gasteiger charge is 2.36. The van der Waals surface area contributed by atoms with Crippen molar-refractivity contribution < 1.29 is 19.1 Å². The first-order valence-corrected chi connectivity index (χ1v) is 10.0. The molecule has 0 saturated carbocycles. The second-order valence-corrected chi connectivity index (χ2v) is 7.92. The highest BCUT2D eigenvalue weighted by atomic mass is 35.5. The van der Waals surface area contributed by atoms with Crippen LogP contribution in [-0.4, -0.2) is 31.4 Å². The monoisotopic (exact) mass is 449 g/mol. The lowest BCUT2D eigenvalue weighted by Crippen LogP contribution is -2.36. The molecular weight excluding hydrogens is 429 g/mol. The number of carbonyl (C=O) groups is 3. The summed E-state index contributed by atoms with van der Waals surface area (Å²) in [6.45, 7) is 0.218. The summed E-state index contributed by atoms with van der Waals surface area (Å²) in [6, 6.07) is 11.0. The van der Waals surface area contributed by atoms with Crippen LogP contribution in [0.25, 0.3) is 0 Å². The van der Waals surface area contributed by atoms with Crippen LogP contribution in [0.15, 0.2) is 42.5 Å². The van der Waals surface area contributed by atoms with Crippen molar-refractivity contribution in [3.8, 4) is 0 Å². The summed E-state index contributed by atoms with van der Waals surface area (Å²) in [5, 5.41) is 3.60. The van der Waals surface area contributed by atoms with Crippen molar-refractivity contribution in [2.45, 2.75) is 18.9 Å². The molecule has 0 bridgehead atoms. The van der Waals surface area contributed by atoms with Crippen LogP contribution in [0.3, 0.4) is 0 Å². The predicted octanol–water partition coefficient (Wildman–Crippen LogP) is 3.35. The number of benzene rings is 2. The van der Waals surface area contributed by atoms with Crippen molar-refractivity contribution in [3.05, 3.63) is 58.1 Å². The highest BCUT2D eigenvalue weighted by Crippen LogP contribution is 2.29. The number of methoxy groups -OCH3 is 1. The van der Waals surface area contributed by atoms with E-state index in [1.54, 1.807) is 42.5 Å². The molecule has 0 unspecified atom stereocenters. The molecule has 1 fully saturated rings. The minimum atomic E-state index is -0.697. The Kier molecular flexibility index (Phi) is 6.84. The zero-order valence-electron chi connectivity index (χ0n) is 16.2. The molecule has 0 aromatic heterocycles. The van der Waals surface area contributed by atoms with Gasteiger partial charge in [0.05, 0.1) is 25.5 Å². The van der Waals surface area contributed by atoms with E-state index in [-0.39, 0.29) is 31.2 Å². The number of hydrogen-bond donors (Lipinski definition) is 2. The summed E-state index contributed by atoms with van der Waals surface area (Å²) < 4.78 is 4.74. The SMILES string of the molecule is COC(=O)C[C@H](NC(=O)[C@H]1CC(=O)N(c2cccc(N)c2)C1)c1cc(Cl)cc(Cl)c1. The van der Waals surface area contributed by atoms with Gasteiger partial charge in [0.2, 0.25) is 11.8 Å². The lowest BCUT2D eigenvalue weighted by Gasteiger charge is -2.21. The van der Waals surface area contributed by atoms with Crippen LogP contribution in [0.2, 0.25) is 10.0 Å². The Bertz CT molecular complexity index is 962. The fraction of sp³-hybridized carbons (Fsp3) is 0.286. The molecular formula is C21H21Cl2N3O4. The topological polar surface area (TPSA) is 102 Å². The van der Waals surface area contributed by atoms with Crippen LogP contribution in [0, 0.1) is 5.92 Å². The third-order valence-corrected chi connectivity index (χ3v) is 5.32. The number of nitrogens with one attached hydrogen (secondary N) is 1. The fourth-order valence-corrected chi connectivity index (χ4v) is 3.94. The van der Waals surface area contributed by atoms with Gasteiger partial charge in [-0.15, -0.1) is 0 Å². The minimum absolute atomic E-state index is 0.0574. The molecule has 2 aromatic carbocycles. The van der Waals surface area contributed by atoms with Gasteiger partial charge < -0.3 is 20.7 Å². The van der Waals surface area contributed by atoms with Crippen molar-refractivity contribution in [1.82, 2.24) is 5.32 Å². The van der Waals surface area contributed by atoms with Crippen molar-refractivity contribution in [2.75, 3.05) is 24.3 Å². The first-order valence-electron chi connectivity index (χ1n) is 9.26. The van der Waals surface area contributed by atoms with Crippen molar-refractivity contribution in [1.29, 1.82) is 0 Å². The van der Waals surface area contributed by atoms with Gasteiger partial charge in [-0.3, -0.25) is 14.4 Å². The number of nitrogens with zero attached hydrogens (tertiary/aromatic N) is 1. The molecule has 0 spiro atoms. The Morgan fingerprint density at radius 2 is 1.93 bits per heavy atom. The van der Waals surface area contributed by atoms with Crippen molar-refractivity contribution in [3.63, 3.8) is 0 Å². The van der Waals surface area contributed by atoms with E-state index in [2.05, 4.69) is 5.32 Å². The van der Waals surface area contributed by atoms with Gasteiger partial charge in [-0.2, -0.15) is 0 Å². The lowest BCUT2D eigenvalue weighted by molar-refractivity contribution is -0.141. The van der Waals surface area contributed by atoms with Gasteiger partial charge >= 0.3 is 5.97 Å². The zero-order valence-corrected chi connectivity index (χ0v) is 17.7. The van der Waals surface area contributed by atoms with E-state index in [4.69, 9.17) is 33.7 Å². The van der Waals surface area contributed by atoms with Crippen LogP contribution >= 0.6 is 23.2 Å². The van der Waals surface area contributed by atoms with Gasteiger partial charge in [-0.05, 0) is 42.0 Å². The molecule has 3 rings (SSSR count). The quantitative estimate of drug-likeness (QED) is 0.519. The van der Waals surface area contributed by atoms with Crippen molar-refractivity contribution >= 4 is 52.4 Å². The van der Waals surface area contributed by atoms with Gasteiger partial charge in [-0.25, -0.2) is 0 Å². The number of carbonyl (C=O) groups excluding carboxylic acids is 3. The largest absolute Gasteiger partial charge is 0.469 e. The van der Waals surface area contributed by atoms with Crippen LogP contribution in [-0.2, 0) is 19.1 Å². The molecule has 3 N–H and O–H groups in total. The van der Waals surface area contributed by atoms with E-state index in [0.29, 0.717) is 27.0 Å². The molecule has 0 radical (unpaired) electrons. The van der Waals surface area contributed by atoms with E-state index in [1.807, 2.05) is 0 Å². The summed E-state index contributed by atoms with van der Waals surface area (Å²) >= 11 is 12.1. The van der Waals surface area contributed by atoms with Gasteiger partial charge in [0.1, 0.15) is 0 Å². The number of halogens is 2. The van der Waals surface area contributed by atoms with Crippen LogP contribution in [0.4, 0.5) is 11.4 Å². The van der Waals surface area contributed by atoms with E-state index in [9.17, 15) is 14.4 Å². The fourth-order valence-electron chi connectivity index (χ4n) is 3.39. The average Bonchev–Trinajstić information content (AvgIpc) is 3.08. The van der Waals surface area contributed by atoms with E-state index >= 15 is 0 Å². The van der Waals surface area contributed by atoms with Gasteiger partial charge in [0.25, 0.3) is 0 Å². The Morgan fingerprint density at radius 3 is 2.57 bits per heavy atom. The lowest BCUT2D eigenvalue weighted by atomic mass is 10.0. The first-order chi connectivity index (χ1) is 14.3. The third kappa shape index (κ3) is 5.23. The molecule has 9 heteroatoms. The average molecular weight is 450 g/mol. The first kappa shape index (κ1) is 21.9. The van der Waals surface area contributed by atoms with Crippen LogP contribution in [0.1, 0.15) is 24.4 Å². The number of nitrogen functional groups attached to an aromatic ring is 1. The number of rotatable bonds is 6. The summed E-state index contributed by atoms with van der Waals surface area (Å²) in [7, 11) is 1.27. The molecule has 1 heterocycles. The minimum Gasteiger partial charge on any atom is -0.469 e.